The molecule has 1 aliphatic heterocycles. The average Bonchev–Trinajstić information content (AvgIpc) is 2.82. The minimum Gasteiger partial charge on any atom is -0.357 e. The summed E-state index contributed by atoms with van der Waals surface area (Å²) in [5.41, 5.74) is -0.550. The maximum Gasteiger partial charge on any atom is 0.293 e. The minimum absolute atomic E-state index is 0.0406. The van der Waals surface area contributed by atoms with E-state index in [1.165, 1.54) is 42.8 Å². The number of rotatable bonds is 5. The van der Waals surface area contributed by atoms with Crippen LogP contribution in [0.15, 0.2) is 72.7 Å². The Hall–Kier alpha value is -4.22. The van der Waals surface area contributed by atoms with E-state index >= 15 is 0 Å². The van der Waals surface area contributed by atoms with E-state index in [1.807, 2.05) is 5.43 Å². The van der Waals surface area contributed by atoms with Gasteiger partial charge < -0.3 is 5.32 Å². The van der Waals surface area contributed by atoms with Crippen LogP contribution in [0.5, 0.6) is 0 Å². The van der Waals surface area contributed by atoms with Crippen molar-refractivity contribution in [3.05, 3.63) is 84.1 Å². The number of dihydropyridines is 1. The van der Waals surface area contributed by atoms with Crippen LogP contribution in [0.2, 0.25) is 0 Å². The summed E-state index contributed by atoms with van der Waals surface area (Å²) in [6.45, 7) is 0. The molecule has 0 radical (unpaired) electrons. The van der Waals surface area contributed by atoms with E-state index in [1.54, 1.807) is 24.3 Å². The molecule has 3 amide bonds. The molecule has 0 saturated carbocycles. The number of carbonyl (C=O) groups is 4. The van der Waals surface area contributed by atoms with Crippen LogP contribution >= 0.6 is 0 Å². The highest BCUT2D eigenvalue weighted by molar-refractivity contribution is 6.20. The SMILES string of the molecule is NNC(=O)C1(C(=O)c2ccccn2)C=CC=C(C(=O)N(N)C(=O)c2ccccn2)N1. The lowest BCUT2D eigenvalue weighted by Gasteiger charge is -2.32. The summed E-state index contributed by atoms with van der Waals surface area (Å²) in [5, 5.41) is 2.88. The summed E-state index contributed by atoms with van der Waals surface area (Å²) in [4.78, 5) is 58.6. The third-order valence-corrected chi connectivity index (χ3v) is 4.24. The zero-order valence-corrected chi connectivity index (χ0v) is 15.5. The molecule has 0 aliphatic carbocycles. The Balaban J connectivity index is 1.91. The lowest BCUT2D eigenvalue weighted by atomic mass is 9.87. The van der Waals surface area contributed by atoms with Crippen molar-refractivity contribution >= 4 is 23.5 Å². The number of ketones is 1. The third-order valence-electron chi connectivity index (χ3n) is 4.24. The van der Waals surface area contributed by atoms with Crippen molar-refractivity contribution < 1.29 is 19.2 Å². The lowest BCUT2D eigenvalue weighted by Crippen LogP contribution is -2.64. The molecule has 1 unspecified atom stereocenters. The zero-order chi connectivity index (χ0) is 21.7. The third kappa shape index (κ3) is 3.70. The number of hydrogen-bond acceptors (Lipinski definition) is 9. The average molecular weight is 407 g/mol. The highest BCUT2D eigenvalue weighted by Crippen LogP contribution is 2.21. The first-order valence-corrected chi connectivity index (χ1v) is 8.60. The Morgan fingerprint density at radius 3 is 2.17 bits per heavy atom. The smallest absolute Gasteiger partial charge is 0.293 e. The van der Waals surface area contributed by atoms with Gasteiger partial charge in [-0.15, -0.1) is 0 Å². The van der Waals surface area contributed by atoms with Crippen molar-refractivity contribution in [2.24, 2.45) is 11.7 Å². The summed E-state index contributed by atoms with van der Waals surface area (Å²) < 4.78 is 0. The monoisotopic (exact) mass is 407 g/mol. The van der Waals surface area contributed by atoms with Gasteiger partial charge in [0.15, 0.2) is 0 Å². The van der Waals surface area contributed by atoms with E-state index in [4.69, 9.17) is 11.7 Å². The summed E-state index contributed by atoms with van der Waals surface area (Å²) in [6.07, 6.45) is 6.54. The largest absolute Gasteiger partial charge is 0.357 e. The van der Waals surface area contributed by atoms with E-state index in [-0.39, 0.29) is 17.1 Å². The molecule has 6 N–H and O–H groups in total. The number of hydrogen-bond donors (Lipinski definition) is 4. The molecule has 0 saturated heterocycles. The molecule has 3 rings (SSSR count). The van der Waals surface area contributed by atoms with Gasteiger partial charge in [0, 0.05) is 12.4 Å². The number of hydrazine groups is 2. The van der Waals surface area contributed by atoms with Crippen molar-refractivity contribution in [2.45, 2.75) is 5.54 Å². The molecule has 30 heavy (non-hydrogen) atoms. The van der Waals surface area contributed by atoms with Gasteiger partial charge in [0.1, 0.15) is 17.1 Å². The van der Waals surface area contributed by atoms with E-state index < -0.39 is 29.0 Å². The molecular weight excluding hydrogens is 390 g/mol. The number of nitrogens with zero attached hydrogens (tertiary/aromatic N) is 3. The highest BCUT2D eigenvalue weighted by Gasteiger charge is 2.47. The topological polar surface area (TPSA) is 173 Å². The first-order valence-electron chi connectivity index (χ1n) is 8.60. The number of carbonyl (C=O) groups excluding carboxylic acids is 4. The van der Waals surface area contributed by atoms with E-state index in [2.05, 4.69) is 15.3 Å². The molecular formula is C19H17N7O4. The van der Waals surface area contributed by atoms with Crippen LogP contribution in [0, 0.1) is 0 Å². The molecule has 3 heterocycles. The summed E-state index contributed by atoms with van der Waals surface area (Å²) in [6, 6.07) is 9.11. The van der Waals surface area contributed by atoms with Crippen LogP contribution in [0.25, 0.3) is 0 Å². The molecule has 0 spiro atoms. The van der Waals surface area contributed by atoms with E-state index in [0.717, 1.165) is 0 Å². The molecule has 152 valence electrons. The Morgan fingerprint density at radius 1 is 0.967 bits per heavy atom. The fourth-order valence-corrected chi connectivity index (χ4v) is 2.72. The first kappa shape index (κ1) is 20.5. The van der Waals surface area contributed by atoms with E-state index in [0.29, 0.717) is 5.01 Å². The quantitative estimate of drug-likeness (QED) is 0.121. The van der Waals surface area contributed by atoms with Gasteiger partial charge in [0.05, 0.1) is 0 Å². The Bertz CT molecular complexity index is 1050. The molecule has 0 fully saturated rings. The van der Waals surface area contributed by atoms with Gasteiger partial charge in [-0.3, -0.25) is 34.6 Å². The minimum atomic E-state index is -2.07. The highest BCUT2D eigenvalue weighted by atomic mass is 16.2. The summed E-state index contributed by atoms with van der Waals surface area (Å²) in [7, 11) is 0. The Morgan fingerprint density at radius 2 is 1.60 bits per heavy atom. The number of pyridine rings is 2. The van der Waals surface area contributed by atoms with Crippen molar-refractivity contribution in [1.82, 2.24) is 25.7 Å². The van der Waals surface area contributed by atoms with E-state index in [9.17, 15) is 19.2 Å². The van der Waals surface area contributed by atoms with Crippen molar-refractivity contribution in [3.63, 3.8) is 0 Å². The molecule has 2 aromatic heterocycles. The molecule has 0 bridgehead atoms. The van der Waals surface area contributed by atoms with Crippen LogP contribution < -0.4 is 22.4 Å². The molecule has 11 nitrogen and oxygen atoms in total. The lowest BCUT2D eigenvalue weighted by molar-refractivity contribution is -0.126. The van der Waals surface area contributed by atoms with Gasteiger partial charge >= 0.3 is 0 Å². The fraction of sp³-hybridized carbons (Fsp3) is 0.0526. The van der Waals surface area contributed by atoms with Gasteiger partial charge in [-0.05, 0) is 36.4 Å². The fourth-order valence-electron chi connectivity index (χ4n) is 2.72. The summed E-state index contributed by atoms with van der Waals surface area (Å²) >= 11 is 0. The van der Waals surface area contributed by atoms with Gasteiger partial charge in [0.25, 0.3) is 17.7 Å². The molecule has 0 aromatic carbocycles. The van der Waals surface area contributed by atoms with Gasteiger partial charge in [-0.1, -0.05) is 18.2 Å². The maximum atomic E-state index is 13.1. The second-order valence-electron chi connectivity index (χ2n) is 6.09. The predicted molar refractivity (Wildman–Crippen MR) is 104 cm³/mol. The van der Waals surface area contributed by atoms with Crippen LogP contribution in [0.4, 0.5) is 0 Å². The predicted octanol–water partition coefficient (Wildman–Crippen LogP) is -1.03. The van der Waals surface area contributed by atoms with Gasteiger partial charge in [0.2, 0.25) is 11.3 Å². The normalized spacial score (nSPS) is 17.3. The zero-order valence-electron chi connectivity index (χ0n) is 15.5. The second kappa shape index (κ2) is 8.43. The van der Waals surface area contributed by atoms with Crippen LogP contribution in [0.1, 0.15) is 21.0 Å². The van der Waals surface area contributed by atoms with Crippen molar-refractivity contribution in [2.75, 3.05) is 0 Å². The van der Waals surface area contributed by atoms with Gasteiger partial charge in [-0.2, -0.15) is 0 Å². The molecule has 11 heteroatoms. The van der Waals surface area contributed by atoms with Crippen LogP contribution in [-0.4, -0.2) is 44.0 Å². The standard InChI is InChI=1S/C19H17N7O4/c20-25-18(30)19(15(27)12-6-1-3-10-22-12)9-5-8-14(24-19)17(29)26(21)16(28)13-7-2-4-11-23-13/h1-11,24H,20-21H2,(H,25,30). The second-order valence-corrected chi connectivity index (χ2v) is 6.09. The molecule has 1 atom stereocenters. The first-order chi connectivity index (χ1) is 14.4. The number of nitrogens with two attached hydrogens (primary N) is 2. The van der Waals surface area contributed by atoms with Crippen LogP contribution in [0.3, 0.4) is 0 Å². The van der Waals surface area contributed by atoms with Crippen molar-refractivity contribution in [3.8, 4) is 0 Å². The van der Waals surface area contributed by atoms with Crippen LogP contribution in [-0.2, 0) is 9.59 Å². The number of amides is 3. The molecule has 2 aromatic rings. The Labute approximate surface area is 170 Å². The number of nitrogens with one attached hydrogen (secondary N) is 2. The maximum absolute atomic E-state index is 13.1. The molecule has 1 aliphatic rings. The number of allylic oxidation sites excluding steroid dienone is 2. The van der Waals surface area contributed by atoms with Crippen molar-refractivity contribution in [1.29, 1.82) is 0 Å². The number of aromatic nitrogens is 2. The summed E-state index contributed by atoms with van der Waals surface area (Å²) in [5.74, 6) is 7.37. The number of imide groups is 1. The number of Topliss-reactive ketones (excluding diaryl/α,β-unsaturated/α-hetero) is 1. The Kier molecular flexibility index (Phi) is 5.76. The van der Waals surface area contributed by atoms with Gasteiger partial charge in [-0.25, -0.2) is 16.7 Å².